The van der Waals surface area contributed by atoms with Crippen LogP contribution in [0.15, 0.2) is 286 Å². The summed E-state index contributed by atoms with van der Waals surface area (Å²) in [5.74, 6) is 3.05. The molecule has 136 heavy (non-hydrogen) atoms. The number of fused-ring (bicyclic) bond motifs is 5. The van der Waals surface area contributed by atoms with E-state index in [9.17, 15) is 14.4 Å². The lowest BCUT2D eigenvalue weighted by molar-refractivity contribution is -0.140. The van der Waals surface area contributed by atoms with Crippen LogP contribution >= 0.6 is 58.0 Å². The van der Waals surface area contributed by atoms with E-state index in [-0.39, 0.29) is 24.3 Å². The molecule has 8 aromatic carbocycles. The number of piperazine rings is 2. The van der Waals surface area contributed by atoms with Gasteiger partial charge in [0.05, 0.1) is 58.6 Å². The Morgan fingerprint density at radius 3 is 1.10 bits per heavy atom. The van der Waals surface area contributed by atoms with Crippen LogP contribution in [-0.2, 0) is 58.4 Å². The van der Waals surface area contributed by atoms with Crippen LogP contribution in [0.2, 0.25) is 25.1 Å². The number of hydrogen-bond donors (Lipinski definition) is 1. The molecule has 1 saturated carbocycles. The van der Waals surface area contributed by atoms with Crippen molar-refractivity contribution < 1.29 is 19.1 Å². The summed E-state index contributed by atoms with van der Waals surface area (Å²) < 4.78 is 16.4. The summed E-state index contributed by atoms with van der Waals surface area (Å²) in [6.45, 7) is 15.6. The van der Waals surface area contributed by atoms with Crippen molar-refractivity contribution >= 4 is 98.3 Å². The van der Waals surface area contributed by atoms with Crippen molar-refractivity contribution in [3.05, 3.63) is 345 Å². The third-order valence-electron chi connectivity index (χ3n) is 26.4. The van der Waals surface area contributed by atoms with E-state index in [0.29, 0.717) is 46.6 Å². The summed E-state index contributed by atoms with van der Waals surface area (Å²) in [5.41, 5.74) is 25.0. The first-order chi connectivity index (χ1) is 66.4. The molecule has 3 saturated heterocycles. The van der Waals surface area contributed by atoms with Crippen LogP contribution in [0.5, 0.6) is 0 Å². The number of amides is 3. The van der Waals surface area contributed by atoms with E-state index >= 15 is 0 Å². The molecule has 1 N–H and O–H groups in total. The van der Waals surface area contributed by atoms with Gasteiger partial charge in [0, 0.05) is 208 Å². The van der Waals surface area contributed by atoms with Gasteiger partial charge in [-0.2, -0.15) is 0 Å². The number of hydrogen-bond acceptors (Lipinski definition) is 14. The number of aromatic nitrogens is 11. The minimum atomic E-state index is 0.0295. The predicted octanol–water partition coefficient (Wildman–Crippen LogP) is 21.5. The molecule has 17 aromatic rings. The van der Waals surface area contributed by atoms with E-state index in [0.717, 1.165) is 257 Å². The molecule has 690 valence electrons. The van der Waals surface area contributed by atoms with E-state index in [2.05, 4.69) is 190 Å². The summed E-state index contributed by atoms with van der Waals surface area (Å²) in [7, 11) is 3.51. The lowest BCUT2D eigenvalue weighted by Gasteiger charge is -2.38. The number of nitrogens with one attached hydrogen (secondary N) is 1. The Bertz CT molecular complexity index is 7070. The van der Waals surface area contributed by atoms with Crippen LogP contribution in [0.25, 0.3) is 112 Å². The van der Waals surface area contributed by atoms with Gasteiger partial charge in [0.2, 0.25) is 17.7 Å². The highest BCUT2D eigenvalue weighted by molar-refractivity contribution is 6.33. The average molecular weight is 1910 g/mol. The first kappa shape index (κ1) is 92.4. The molecule has 27 heteroatoms. The number of carbonyl (C=O) groups is 3. The van der Waals surface area contributed by atoms with E-state index in [1.165, 1.54) is 23.1 Å². The molecule has 4 fully saturated rings. The van der Waals surface area contributed by atoms with Crippen LogP contribution in [0.1, 0.15) is 66.5 Å². The standard InChI is InChI=1S/C30H31ClN4O2.C29H28Cl2N4O.C26H23ClN6.C24H23ClN4O/c31-26-9-6-23(7-10-26)29-27(35-20-25(8-11-28(35)32-29)22-4-2-1-3-5-22)21-33-14-16-34(17-15-33)30(36)24-12-18-37-19-13-24;30-23-11-8-20(9-12-23)28-26(19-33-14-16-34(17-15-33)29(36)21-4-3-5-21)35-18-22(10-13-27(35)32-28)24-6-1-2-7-25(24)31;1-18-29-30-25-17-31(13-14-32(18)25)16-23-26(20-7-10-22(27)11-8-20)28-24-12-9-21(15-33(23)24)19-5-3-2-4-6-19;1-28(2)23(30)15-26-14-21-24(18-8-11-20(25)12-9-18)27-22-13-10-19(16-29(21)22)17-6-4-3-5-7-17/h1-11,20,24H,12-19,21H2;1-2,6-13,18,21H,3-5,14-17,19H2;2-12,15H,13-14,16-17H2,1H3;3-13,16,26H,14-15H2,1-2H3. The maximum Gasteiger partial charge on any atom is 0.236 e. The Morgan fingerprint density at radius 2 is 0.713 bits per heavy atom. The van der Waals surface area contributed by atoms with Crippen LogP contribution in [0.4, 0.5) is 0 Å². The largest absolute Gasteiger partial charge is 0.381 e. The number of ether oxygens (including phenoxy) is 1. The number of benzene rings is 8. The predicted molar refractivity (Wildman–Crippen MR) is 543 cm³/mol. The van der Waals surface area contributed by atoms with Crippen molar-refractivity contribution in [2.45, 2.75) is 78.3 Å². The molecule has 0 radical (unpaired) electrons. The van der Waals surface area contributed by atoms with Crippen molar-refractivity contribution in [1.82, 2.24) is 87.0 Å². The Balaban J connectivity index is 0.000000117. The minimum Gasteiger partial charge on any atom is -0.381 e. The molecule has 13 heterocycles. The van der Waals surface area contributed by atoms with E-state index in [4.69, 9.17) is 82.7 Å². The van der Waals surface area contributed by atoms with Crippen LogP contribution in [-0.4, -0.2) is 192 Å². The molecule has 9 aromatic heterocycles. The number of nitrogens with zero attached hydrogens (tertiary/aromatic N) is 17. The van der Waals surface area contributed by atoms with Crippen LogP contribution in [0.3, 0.4) is 0 Å². The SMILES string of the molecule is CN(C)C(=O)CNCc1c(-c2ccc(Cl)cc2)nc2ccc(-c3ccccc3)cn12.Cc1nnc2n1CCN(Cc1c(-c3ccc(Cl)cc3)nc3ccc(-c4ccccc4)cn13)C2.O=C(C1CCC1)N1CCN(Cc2c(-c3ccc(Cl)cc3)nc3ccc(-c4ccccc4Cl)cn23)CC1.O=C(C1CCOCC1)N1CCN(Cc2c(-c3ccc(Cl)cc3)nc3ccc(-c4ccccc4)cn23)CC1. The number of imidazole rings is 4. The van der Waals surface area contributed by atoms with Gasteiger partial charge in [-0.3, -0.25) is 29.1 Å². The van der Waals surface area contributed by atoms with Crippen molar-refractivity contribution in [2.24, 2.45) is 11.8 Å². The van der Waals surface area contributed by atoms with E-state index in [1.807, 2.05) is 165 Å². The van der Waals surface area contributed by atoms with Gasteiger partial charge in [-0.15, -0.1) is 10.2 Å². The second-order valence-electron chi connectivity index (χ2n) is 35.5. The molecule has 0 atom stereocenters. The third-order valence-corrected chi connectivity index (χ3v) is 27.8. The molecular formula is C109H105Cl5N18O4. The summed E-state index contributed by atoms with van der Waals surface area (Å²) in [6, 6.07) is 87.1. The maximum absolute atomic E-state index is 13.0. The fourth-order valence-electron chi connectivity index (χ4n) is 18.5. The molecule has 3 amide bonds. The second kappa shape index (κ2) is 42.3. The molecule has 0 bridgehead atoms. The van der Waals surface area contributed by atoms with Crippen molar-refractivity contribution in [2.75, 3.05) is 92.8 Å². The van der Waals surface area contributed by atoms with E-state index in [1.54, 1.807) is 19.0 Å². The number of likely N-dealkylation sites (N-methyl/N-ethyl adjacent to an activating group) is 1. The molecule has 0 unspecified atom stereocenters. The van der Waals surface area contributed by atoms with Gasteiger partial charge in [-0.1, -0.05) is 222 Å². The quantitative estimate of drug-likeness (QED) is 0.0758. The average Bonchev–Trinajstić information content (AvgIpc) is 1.62. The Labute approximate surface area is 816 Å². The molecule has 22 nitrogen and oxygen atoms in total. The number of halogens is 5. The highest BCUT2D eigenvalue weighted by Gasteiger charge is 2.34. The monoisotopic (exact) mass is 1900 g/mol. The van der Waals surface area contributed by atoms with Gasteiger partial charge in [-0.05, 0) is 175 Å². The topological polar surface area (TPSA) is 192 Å². The molecule has 5 aliphatic rings. The summed E-state index contributed by atoms with van der Waals surface area (Å²) in [6.07, 6.45) is 13.6. The highest BCUT2D eigenvalue weighted by atomic mass is 35.5. The van der Waals surface area contributed by atoms with E-state index < -0.39 is 0 Å². The van der Waals surface area contributed by atoms with Gasteiger partial charge < -0.3 is 46.9 Å². The van der Waals surface area contributed by atoms with Crippen molar-refractivity contribution in [3.8, 4) is 89.5 Å². The van der Waals surface area contributed by atoms with Gasteiger partial charge in [-0.25, -0.2) is 19.9 Å². The molecule has 0 spiro atoms. The number of carbonyl (C=O) groups excluding carboxylic acids is 3. The maximum atomic E-state index is 13.0. The second-order valence-corrected chi connectivity index (χ2v) is 37.6. The minimum absolute atomic E-state index is 0.0295. The molecule has 22 rings (SSSR count). The van der Waals surface area contributed by atoms with Gasteiger partial charge >= 0.3 is 0 Å². The van der Waals surface area contributed by atoms with Gasteiger partial charge in [0.25, 0.3) is 0 Å². The van der Waals surface area contributed by atoms with Gasteiger partial charge in [0.15, 0.2) is 0 Å². The normalized spacial score (nSPS) is 15.0. The smallest absolute Gasteiger partial charge is 0.236 e. The third kappa shape index (κ3) is 21.1. The van der Waals surface area contributed by atoms with Crippen LogP contribution < -0.4 is 5.32 Å². The molecular weight excluding hydrogens is 1800 g/mol. The highest BCUT2D eigenvalue weighted by Crippen LogP contribution is 2.38. The number of aryl methyl sites for hydroxylation is 1. The first-order valence-electron chi connectivity index (χ1n) is 46.5. The Morgan fingerprint density at radius 1 is 0.368 bits per heavy atom. The summed E-state index contributed by atoms with van der Waals surface area (Å²) >= 11 is 31.1. The molecule has 1 aliphatic carbocycles. The zero-order chi connectivity index (χ0) is 93.3. The van der Waals surface area contributed by atoms with Crippen molar-refractivity contribution in [3.63, 3.8) is 0 Å². The Kier molecular flexibility index (Phi) is 28.7. The van der Waals surface area contributed by atoms with Crippen molar-refractivity contribution in [1.29, 1.82) is 0 Å². The lowest BCUT2D eigenvalue weighted by atomic mass is 9.84. The van der Waals surface area contributed by atoms with Crippen LogP contribution in [0, 0.1) is 18.8 Å². The fraction of sp³-hybridized carbons (Fsp3) is 0.257. The zero-order valence-corrected chi connectivity index (χ0v) is 80.0. The lowest BCUT2D eigenvalue weighted by Crippen LogP contribution is -2.50. The molecule has 4 aliphatic heterocycles. The zero-order valence-electron chi connectivity index (χ0n) is 76.2. The van der Waals surface area contributed by atoms with Gasteiger partial charge in [0.1, 0.15) is 34.2 Å². The first-order valence-corrected chi connectivity index (χ1v) is 48.4. The fourth-order valence-corrected chi connectivity index (χ4v) is 19.3. The Hall–Kier alpha value is -12.7. The number of pyridine rings is 4. The summed E-state index contributed by atoms with van der Waals surface area (Å²) in [4.78, 5) is 70.6. The number of rotatable bonds is 20. The summed E-state index contributed by atoms with van der Waals surface area (Å²) in [5, 5.41) is 15.4.